The van der Waals surface area contributed by atoms with Gasteiger partial charge in [-0.05, 0) is 57.2 Å². The first-order chi connectivity index (χ1) is 18.9. The largest absolute Gasteiger partial charge is 0.434 e. The van der Waals surface area contributed by atoms with Crippen molar-refractivity contribution >= 4 is 15.7 Å². The third-order valence-electron chi connectivity index (χ3n) is 7.49. The number of alkyl halides is 5. The summed E-state index contributed by atoms with van der Waals surface area (Å²) in [6, 6.07) is 3.82. The number of amides is 1. The number of sulfone groups is 1. The van der Waals surface area contributed by atoms with Crippen molar-refractivity contribution in [2.45, 2.75) is 82.7 Å². The molecule has 4 atom stereocenters. The van der Waals surface area contributed by atoms with E-state index in [1.807, 2.05) is 0 Å². The standard InChI is InChI=1S/C26H34F5N3O6S/c1-5-34-22(18-7-6-16(10-14(2)26(29,30)31)11-19(18)40-24(27)28)15(3)21(33-34)23(36)32-13-25(37)9-8-17(12-20(25)35)41(4,38)39/h6-7,11,14,17,20,24,35,37H,5,8-10,12-13H2,1-4H3,(H,32,36)/t14-,17+,20+,25+/m0/s1. The van der Waals surface area contributed by atoms with Crippen LogP contribution < -0.4 is 10.1 Å². The Morgan fingerprint density at radius 2 is 1.98 bits per heavy atom. The lowest BCUT2D eigenvalue weighted by atomic mass is 9.82. The molecule has 1 fully saturated rings. The summed E-state index contributed by atoms with van der Waals surface area (Å²) in [6.45, 7) is 0.702. The quantitative estimate of drug-likeness (QED) is 0.350. The van der Waals surface area contributed by atoms with Crippen LogP contribution in [-0.2, 0) is 22.8 Å². The Hall–Kier alpha value is -2.78. The number of aromatic nitrogens is 2. The predicted molar refractivity (Wildman–Crippen MR) is 139 cm³/mol. The fraction of sp³-hybridized carbons (Fsp3) is 0.615. The molecule has 1 heterocycles. The molecule has 0 spiro atoms. The normalized spacial score (nSPS) is 22.5. The van der Waals surface area contributed by atoms with E-state index in [1.54, 1.807) is 6.92 Å². The lowest BCUT2D eigenvalue weighted by molar-refractivity contribution is -0.169. The minimum Gasteiger partial charge on any atom is -0.434 e. The average molecular weight is 612 g/mol. The number of aliphatic hydroxyl groups excluding tert-OH is 1. The second-order valence-corrected chi connectivity index (χ2v) is 12.8. The zero-order chi connectivity index (χ0) is 30.9. The molecule has 15 heteroatoms. The van der Waals surface area contributed by atoms with E-state index in [0.717, 1.165) is 19.2 Å². The maximum absolute atomic E-state index is 13.3. The lowest BCUT2D eigenvalue weighted by Gasteiger charge is -2.39. The van der Waals surface area contributed by atoms with Gasteiger partial charge in [-0.2, -0.15) is 27.1 Å². The molecule has 1 saturated carbocycles. The van der Waals surface area contributed by atoms with Crippen LogP contribution in [0.1, 0.15) is 54.7 Å². The molecule has 0 aliphatic heterocycles. The van der Waals surface area contributed by atoms with Gasteiger partial charge in [0, 0.05) is 30.5 Å². The van der Waals surface area contributed by atoms with Crippen LogP contribution in [0.3, 0.4) is 0 Å². The number of carbonyl (C=O) groups is 1. The first-order valence-corrected chi connectivity index (χ1v) is 14.9. The van der Waals surface area contributed by atoms with Crippen LogP contribution in [0, 0.1) is 12.8 Å². The molecule has 41 heavy (non-hydrogen) atoms. The van der Waals surface area contributed by atoms with Gasteiger partial charge in [0.2, 0.25) is 0 Å². The van der Waals surface area contributed by atoms with E-state index in [2.05, 4.69) is 15.2 Å². The maximum atomic E-state index is 13.3. The van der Waals surface area contributed by atoms with Crippen molar-refractivity contribution in [2.24, 2.45) is 5.92 Å². The van der Waals surface area contributed by atoms with E-state index in [4.69, 9.17) is 0 Å². The zero-order valence-electron chi connectivity index (χ0n) is 23.0. The molecule has 2 aromatic rings. The number of aliphatic hydroxyl groups is 2. The molecule has 1 aromatic carbocycles. The highest BCUT2D eigenvalue weighted by Crippen LogP contribution is 2.37. The Morgan fingerprint density at radius 1 is 1.32 bits per heavy atom. The van der Waals surface area contributed by atoms with Crippen molar-refractivity contribution in [3.63, 3.8) is 0 Å². The van der Waals surface area contributed by atoms with Crippen molar-refractivity contribution in [2.75, 3.05) is 12.8 Å². The number of rotatable bonds is 10. The first-order valence-electron chi connectivity index (χ1n) is 13.0. The van der Waals surface area contributed by atoms with Crippen LogP contribution in [0.2, 0.25) is 0 Å². The molecule has 0 bridgehead atoms. The van der Waals surface area contributed by atoms with Crippen molar-refractivity contribution < 1.29 is 50.1 Å². The van der Waals surface area contributed by atoms with Crippen LogP contribution in [-0.4, -0.2) is 76.9 Å². The highest BCUT2D eigenvalue weighted by atomic mass is 32.2. The van der Waals surface area contributed by atoms with Gasteiger partial charge in [-0.15, -0.1) is 0 Å². The minimum absolute atomic E-state index is 0.0759. The van der Waals surface area contributed by atoms with Gasteiger partial charge in [-0.1, -0.05) is 13.0 Å². The van der Waals surface area contributed by atoms with Gasteiger partial charge in [0.1, 0.15) is 21.2 Å². The van der Waals surface area contributed by atoms with Crippen LogP contribution in [0.4, 0.5) is 22.0 Å². The number of halogens is 5. The van der Waals surface area contributed by atoms with E-state index in [9.17, 15) is 45.4 Å². The molecule has 1 aromatic heterocycles. The molecular weight excluding hydrogens is 577 g/mol. The third-order valence-corrected chi connectivity index (χ3v) is 9.13. The molecule has 3 N–H and O–H groups in total. The van der Waals surface area contributed by atoms with E-state index in [-0.39, 0.29) is 59.6 Å². The Labute approximate surface area is 234 Å². The molecule has 0 unspecified atom stereocenters. The van der Waals surface area contributed by atoms with Gasteiger partial charge in [0.15, 0.2) is 5.69 Å². The topological polar surface area (TPSA) is 131 Å². The number of nitrogens with zero attached hydrogens (tertiary/aromatic N) is 2. The SMILES string of the molecule is CCn1nc(C(=O)NC[C@]2(O)CC[C@@H](S(C)(=O)=O)C[C@H]2O)c(C)c1-c1ccc(C[C@H](C)C(F)(F)F)cc1OC(F)F. The molecule has 1 aliphatic rings. The van der Waals surface area contributed by atoms with E-state index in [1.165, 1.54) is 23.7 Å². The van der Waals surface area contributed by atoms with Gasteiger partial charge in [-0.25, -0.2) is 8.42 Å². The molecular formula is C26H34F5N3O6S. The number of aryl methyl sites for hydroxylation is 1. The van der Waals surface area contributed by atoms with Gasteiger partial charge < -0.3 is 20.3 Å². The summed E-state index contributed by atoms with van der Waals surface area (Å²) in [5.74, 6) is -2.84. The Kier molecular flexibility index (Phi) is 9.75. The predicted octanol–water partition coefficient (Wildman–Crippen LogP) is 3.64. The summed E-state index contributed by atoms with van der Waals surface area (Å²) >= 11 is 0. The van der Waals surface area contributed by atoms with E-state index >= 15 is 0 Å². The fourth-order valence-electron chi connectivity index (χ4n) is 4.97. The van der Waals surface area contributed by atoms with Crippen LogP contribution in [0.15, 0.2) is 18.2 Å². The summed E-state index contributed by atoms with van der Waals surface area (Å²) in [5, 5.41) is 27.3. The monoisotopic (exact) mass is 611 g/mol. The van der Waals surface area contributed by atoms with Gasteiger partial charge in [-0.3, -0.25) is 9.48 Å². The number of hydrogen-bond donors (Lipinski definition) is 3. The molecule has 1 aliphatic carbocycles. The summed E-state index contributed by atoms with van der Waals surface area (Å²) in [7, 11) is -3.43. The summed E-state index contributed by atoms with van der Waals surface area (Å²) < 4.78 is 95.4. The van der Waals surface area contributed by atoms with Crippen LogP contribution in [0.25, 0.3) is 11.3 Å². The second-order valence-electron chi connectivity index (χ2n) is 10.5. The summed E-state index contributed by atoms with van der Waals surface area (Å²) in [4.78, 5) is 13.1. The summed E-state index contributed by atoms with van der Waals surface area (Å²) in [6.07, 6.45) is -5.46. The molecule has 0 radical (unpaired) electrons. The van der Waals surface area contributed by atoms with Gasteiger partial charge >= 0.3 is 12.8 Å². The molecule has 0 saturated heterocycles. The van der Waals surface area contributed by atoms with Gasteiger partial charge in [0.05, 0.1) is 23.0 Å². The number of benzene rings is 1. The van der Waals surface area contributed by atoms with E-state index in [0.29, 0.717) is 0 Å². The number of nitrogens with one attached hydrogen (secondary N) is 1. The zero-order valence-corrected chi connectivity index (χ0v) is 23.8. The van der Waals surface area contributed by atoms with E-state index < -0.39 is 64.4 Å². The minimum atomic E-state index is -4.47. The van der Waals surface area contributed by atoms with Crippen molar-refractivity contribution in [3.8, 4) is 17.0 Å². The van der Waals surface area contributed by atoms with Crippen molar-refractivity contribution in [1.29, 1.82) is 0 Å². The molecule has 9 nitrogen and oxygen atoms in total. The number of hydrogen-bond acceptors (Lipinski definition) is 7. The highest BCUT2D eigenvalue weighted by Gasteiger charge is 2.44. The smallest absolute Gasteiger partial charge is 0.391 e. The molecule has 1 amide bonds. The summed E-state index contributed by atoms with van der Waals surface area (Å²) in [5.41, 5.74) is -1.17. The second kappa shape index (κ2) is 12.2. The Balaban J connectivity index is 1.89. The Morgan fingerprint density at radius 3 is 2.51 bits per heavy atom. The average Bonchev–Trinajstić information content (AvgIpc) is 3.19. The van der Waals surface area contributed by atoms with Crippen molar-refractivity contribution in [1.82, 2.24) is 15.1 Å². The van der Waals surface area contributed by atoms with Crippen molar-refractivity contribution in [3.05, 3.63) is 35.0 Å². The number of carbonyl (C=O) groups excluding carboxylic acids is 1. The highest BCUT2D eigenvalue weighted by molar-refractivity contribution is 7.91. The van der Waals surface area contributed by atoms with Crippen LogP contribution in [0.5, 0.6) is 5.75 Å². The van der Waals surface area contributed by atoms with Gasteiger partial charge in [0.25, 0.3) is 5.91 Å². The first kappa shape index (κ1) is 32.7. The lowest BCUT2D eigenvalue weighted by Crippen LogP contribution is -2.56. The molecule has 230 valence electrons. The molecule has 3 rings (SSSR count). The van der Waals surface area contributed by atoms with Crippen LogP contribution >= 0.6 is 0 Å². The Bertz CT molecular complexity index is 1360. The fourth-order valence-corrected chi connectivity index (χ4v) is 6.04. The number of ether oxygens (including phenoxy) is 1. The third kappa shape index (κ3) is 7.55. The maximum Gasteiger partial charge on any atom is 0.391 e.